The van der Waals surface area contributed by atoms with Crippen molar-refractivity contribution in [3.8, 4) is 23.0 Å². The van der Waals surface area contributed by atoms with Crippen molar-refractivity contribution in [1.29, 1.82) is 0 Å². The van der Waals surface area contributed by atoms with Crippen molar-refractivity contribution in [3.63, 3.8) is 0 Å². The molecule has 0 aliphatic rings. The molecule has 1 atom stereocenters. The first-order valence-corrected chi connectivity index (χ1v) is 13.9. The third kappa shape index (κ3) is 8.54. The lowest BCUT2D eigenvalue weighted by molar-refractivity contribution is 0.255. The van der Waals surface area contributed by atoms with Crippen LogP contribution in [-0.2, 0) is 25.7 Å². The van der Waals surface area contributed by atoms with Gasteiger partial charge in [-0.3, -0.25) is 0 Å². The van der Waals surface area contributed by atoms with Crippen molar-refractivity contribution in [1.82, 2.24) is 4.90 Å². The Kier molecular flexibility index (Phi) is 13.7. The molecule has 0 heterocycles. The van der Waals surface area contributed by atoms with Crippen molar-refractivity contribution < 1.29 is 18.9 Å². The van der Waals surface area contributed by atoms with Crippen LogP contribution in [0.4, 0.5) is 0 Å². The van der Waals surface area contributed by atoms with Crippen LogP contribution in [0.3, 0.4) is 0 Å². The molecule has 0 aliphatic heterocycles. The molecule has 0 bridgehead atoms. The zero-order chi connectivity index (χ0) is 27.2. The van der Waals surface area contributed by atoms with Gasteiger partial charge in [0.1, 0.15) is 0 Å². The third-order valence-corrected chi connectivity index (χ3v) is 7.43. The number of nitrogens with zero attached hydrogens (tertiary/aromatic N) is 1. The summed E-state index contributed by atoms with van der Waals surface area (Å²) in [5.74, 6) is 4.00. The van der Waals surface area contributed by atoms with Crippen LogP contribution in [0.2, 0.25) is 0 Å². The number of ether oxygens (including phenoxy) is 4. The molecule has 2 aromatic rings. The van der Waals surface area contributed by atoms with Crippen LogP contribution >= 0.6 is 0 Å². The summed E-state index contributed by atoms with van der Waals surface area (Å²) < 4.78 is 22.5. The molecular weight excluding hydrogens is 464 g/mol. The molecule has 1 unspecified atom stereocenters. The van der Waals surface area contributed by atoms with Crippen LogP contribution in [0.1, 0.15) is 62.3 Å². The van der Waals surface area contributed by atoms with E-state index >= 15 is 0 Å². The maximum atomic E-state index is 5.75. The third-order valence-electron chi connectivity index (χ3n) is 7.43. The first-order valence-electron chi connectivity index (χ1n) is 13.9. The predicted octanol–water partition coefficient (Wildman–Crippen LogP) is 5.70. The number of nitrogens with two attached hydrogens (primary N) is 1. The van der Waals surface area contributed by atoms with Gasteiger partial charge in [-0.2, -0.15) is 0 Å². The molecule has 208 valence electrons. The molecule has 0 fully saturated rings. The predicted molar refractivity (Wildman–Crippen MR) is 154 cm³/mol. The van der Waals surface area contributed by atoms with Gasteiger partial charge in [-0.25, -0.2) is 0 Å². The van der Waals surface area contributed by atoms with E-state index in [0.29, 0.717) is 5.92 Å². The zero-order valence-corrected chi connectivity index (χ0v) is 24.3. The molecule has 0 radical (unpaired) electrons. The molecule has 2 rings (SSSR count). The van der Waals surface area contributed by atoms with Gasteiger partial charge in [-0.15, -0.1) is 0 Å². The van der Waals surface area contributed by atoms with Crippen molar-refractivity contribution in [2.24, 2.45) is 11.7 Å². The van der Waals surface area contributed by atoms with Gasteiger partial charge >= 0.3 is 0 Å². The fraction of sp³-hybridized carbons (Fsp3) is 0.613. The van der Waals surface area contributed by atoms with Gasteiger partial charge in [0.15, 0.2) is 23.0 Å². The zero-order valence-electron chi connectivity index (χ0n) is 24.3. The van der Waals surface area contributed by atoms with E-state index in [-0.39, 0.29) is 0 Å². The molecule has 0 aromatic heterocycles. The minimum atomic E-state index is 0.672. The van der Waals surface area contributed by atoms with Crippen molar-refractivity contribution in [3.05, 3.63) is 46.5 Å². The van der Waals surface area contributed by atoms with Crippen molar-refractivity contribution >= 4 is 0 Å². The normalized spacial score (nSPS) is 12.0. The largest absolute Gasteiger partial charge is 0.493 e. The Morgan fingerprint density at radius 2 is 1.19 bits per heavy atom. The monoisotopic (exact) mass is 514 g/mol. The van der Waals surface area contributed by atoms with Crippen LogP contribution in [0.5, 0.6) is 23.0 Å². The lowest BCUT2D eigenvalue weighted by Crippen LogP contribution is -2.31. The van der Waals surface area contributed by atoms with Crippen LogP contribution in [0.25, 0.3) is 0 Å². The SMILES string of the molecule is CCc1c(CCN(CCc2ccc(OC)c(OC)c2CC)CCC(C)CCCN)ccc(OC)c1OC. The molecule has 0 saturated heterocycles. The average molecular weight is 515 g/mol. The smallest absolute Gasteiger partial charge is 0.164 e. The minimum absolute atomic E-state index is 0.672. The van der Waals surface area contributed by atoms with E-state index in [1.165, 1.54) is 35.1 Å². The molecule has 6 nitrogen and oxygen atoms in total. The van der Waals surface area contributed by atoms with Crippen LogP contribution in [0, 0.1) is 5.92 Å². The van der Waals surface area contributed by atoms with Crippen molar-refractivity contribution in [2.45, 2.75) is 65.7 Å². The molecular formula is C31H50N2O4. The number of benzene rings is 2. The fourth-order valence-electron chi connectivity index (χ4n) is 5.21. The van der Waals surface area contributed by atoms with E-state index in [1.54, 1.807) is 28.4 Å². The lowest BCUT2D eigenvalue weighted by atomic mass is 9.98. The Hall–Kier alpha value is -2.44. The Morgan fingerprint density at radius 1 is 0.703 bits per heavy atom. The summed E-state index contributed by atoms with van der Waals surface area (Å²) in [4.78, 5) is 2.62. The summed E-state index contributed by atoms with van der Waals surface area (Å²) in [7, 11) is 6.85. The maximum Gasteiger partial charge on any atom is 0.164 e. The second-order valence-corrected chi connectivity index (χ2v) is 9.75. The van der Waals surface area contributed by atoms with Gasteiger partial charge in [0.25, 0.3) is 0 Å². The topological polar surface area (TPSA) is 66.2 Å². The highest BCUT2D eigenvalue weighted by molar-refractivity contribution is 5.52. The second-order valence-electron chi connectivity index (χ2n) is 9.75. The standard InChI is InChI=1S/C31H50N2O4/c1-8-26-24(12-14-28(34-4)30(26)36-6)17-21-33(20-16-23(3)11-10-19-32)22-18-25-13-15-29(35-5)31(37-7)27(25)9-2/h12-15,23H,8-11,16-22,32H2,1-7H3. The number of hydrogen-bond acceptors (Lipinski definition) is 6. The number of hydrogen-bond donors (Lipinski definition) is 1. The highest BCUT2D eigenvalue weighted by atomic mass is 16.5. The molecule has 0 amide bonds. The second kappa shape index (κ2) is 16.4. The molecule has 37 heavy (non-hydrogen) atoms. The van der Waals surface area contributed by atoms with Gasteiger partial charge in [-0.1, -0.05) is 32.9 Å². The maximum absolute atomic E-state index is 5.75. The average Bonchev–Trinajstić information content (AvgIpc) is 2.93. The Labute approximate surface area is 225 Å². The summed E-state index contributed by atoms with van der Waals surface area (Å²) in [5, 5.41) is 0. The fourth-order valence-corrected chi connectivity index (χ4v) is 5.21. The summed E-state index contributed by atoms with van der Waals surface area (Å²) in [6.07, 6.45) is 7.25. The van der Waals surface area contributed by atoms with Crippen LogP contribution in [0.15, 0.2) is 24.3 Å². The molecule has 2 N–H and O–H groups in total. The number of methoxy groups -OCH3 is 4. The van der Waals surface area contributed by atoms with Crippen LogP contribution < -0.4 is 24.7 Å². The quantitative estimate of drug-likeness (QED) is 0.275. The molecule has 2 aromatic carbocycles. The van der Waals surface area contributed by atoms with E-state index in [9.17, 15) is 0 Å². The van der Waals surface area contributed by atoms with Gasteiger partial charge in [0.05, 0.1) is 28.4 Å². The van der Waals surface area contributed by atoms with Gasteiger partial charge in [-0.05, 0) is 87.2 Å². The van der Waals surface area contributed by atoms with E-state index < -0.39 is 0 Å². The minimum Gasteiger partial charge on any atom is -0.493 e. The first-order chi connectivity index (χ1) is 18.0. The van der Waals surface area contributed by atoms with E-state index in [4.69, 9.17) is 24.7 Å². The highest BCUT2D eigenvalue weighted by Crippen LogP contribution is 2.35. The Bertz CT molecular complexity index is 880. The van der Waals surface area contributed by atoms with Gasteiger partial charge < -0.3 is 29.6 Å². The first kappa shape index (κ1) is 30.8. The van der Waals surface area contributed by atoms with E-state index in [2.05, 4.69) is 37.8 Å². The summed E-state index contributed by atoms with van der Waals surface area (Å²) in [6, 6.07) is 8.46. The highest BCUT2D eigenvalue weighted by Gasteiger charge is 2.17. The molecule has 0 aliphatic carbocycles. The summed E-state index contributed by atoms with van der Waals surface area (Å²) >= 11 is 0. The van der Waals surface area contributed by atoms with Gasteiger partial charge in [0.2, 0.25) is 0 Å². The van der Waals surface area contributed by atoms with Crippen LogP contribution in [-0.4, -0.2) is 59.5 Å². The lowest BCUT2D eigenvalue weighted by Gasteiger charge is -2.26. The summed E-state index contributed by atoms with van der Waals surface area (Å²) in [6.45, 7) is 10.6. The van der Waals surface area contributed by atoms with E-state index in [0.717, 1.165) is 81.3 Å². The van der Waals surface area contributed by atoms with Gasteiger partial charge in [0, 0.05) is 24.2 Å². The van der Waals surface area contributed by atoms with E-state index in [1.807, 2.05) is 12.1 Å². The Morgan fingerprint density at radius 3 is 1.57 bits per heavy atom. The Balaban J connectivity index is 2.21. The molecule has 6 heteroatoms. The summed E-state index contributed by atoms with van der Waals surface area (Å²) in [5.41, 5.74) is 10.9. The number of rotatable bonds is 18. The van der Waals surface area contributed by atoms with Crippen molar-refractivity contribution in [2.75, 3.05) is 54.6 Å². The molecule has 0 saturated carbocycles. The molecule has 0 spiro atoms.